The summed E-state index contributed by atoms with van der Waals surface area (Å²) >= 11 is 5.17. The molecule has 0 saturated heterocycles. The molecular weight excluding hydrogens is 262 g/mol. The summed E-state index contributed by atoms with van der Waals surface area (Å²) in [7, 11) is 0. The maximum atomic E-state index is 5.72. The zero-order valence-corrected chi connectivity index (χ0v) is 10.1. The Morgan fingerprint density at radius 1 is 1.64 bits per heavy atom. The van der Waals surface area contributed by atoms with Gasteiger partial charge in [-0.2, -0.15) is 5.10 Å². The average molecular weight is 272 g/mol. The van der Waals surface area contributed by atoms with Crippen LogP contribution < -0.4 is 5.73 Å². The highest BCUT2D eigenvalue weighted by atomic mass is 79.9. The van der Waals surface area contributed by atoms with E-state index in [2.05, 4.69) is 32.5 Å². The minimum Gasteiger partial charge on any atom is -0.396 e. The Morgan fingerprint density at radius 2 is 2.43 bits per heavy atom. The van der Waals surface area contributed by atoms with Crippen LogP contribution >= 0.6 is 27.3 Å². The van der Waals surface area contributed by atoms with Gasteiger partial charge in [0.25, 0.3) is 0 Å². The van der Waals surface area contributed by atoms with Crippen molar-refractivity contribution in [3.05, 3.63) is 32.7 Å². The molecule has 14 heavy (non-hydrogen) atoms. The van der Waals surface area contributed by atoms with Crippen molar-refractivity contribution in [1.29, 1.82) is 0 Å². The third kappa shape index (κ3) is 1.83. The molecule has 0 bridgehead atoms. The third-order valence-corrected chi connectivity index (χ3v) is 3.82. The summed E-state index contributed by atoms with van der Waals surface area (Å²) in [5.41, 5.74) is 8.58. The monoisotopic (exact) mass is 271 g/mol. The van der Waals surface area contributed by atoms with E-state index in [1.807, 2.05) is 17.8 Å². The van der Waals surface area contributed by atoms with Gasteiger partial charge in [0.1, 0.15) is 0 Å². The minimum atomic E-state index is 0.747. The van der Waals surface area contributed by atoms with Crippen molar-refractivity contribution in [3.63, 3.8) is 0 Å². The second-order valence-corrected chi connectivity index (χ2v) is 5.32. The molecule has 0 aromatic carbocycles. The first-order chi connectivity index (χ1) is 6.66. The van der Waals surface area contributed by atoms with Crippen LogP contribution in [-0.2, 0) is 6.54 Å². The number of rotatable bonds is 2. The quantitative estimate of drug-likeness (QED) is 0.913. The fraction of sp³-hybridized carbons (Fsp3) is 0.222. The Hall–Kier alpha value is -0.810. The first-order valence-corrected chi connectivity index (χ1v) is 5.85. The van der Waals surface area contributed by atoms with E-state index in [0.717, 1.165) is 21.7 Å². The van der Waals surface area contributed by atoms with Crippen LogP contribution in [0.4, 0.5) is 5.69 Å². The van der Waals surface area contributed by atoms with Gasteiger partial charge in [0.15, 0.2) is 0 Å². The topological polar surface area (TPSA) is 43.8 Å². The van der Waals surface area contributed by atoms with Crippen molar-refractivity contribution in [1.82, 2.24) is 9.78 Å². The van der Waals surface area contributed by atoms with Crippen molar-refractivity contribution in [3.8, 4) is 0 Å². The predicted molar refractivity (Wildman–Crippen MR) is 62.5 cm³/mol. The van der Waals surface area contributed by atoms with Gasteiger partial charge in [-0.15, -0.1) is 11.3 Å². The van der Waals surface area contributed by atoms with Crippen molar-refractivity contribution in [2.75, 3.05) is 5.73 Å². The molecule has 0 unspecified atom stereocenters. The van der Waals surface area contributed by atoms with E-state index in [9.17, 15) is 0 Å². The molecule has 0 aliphatic heterocycles. The van der Waals surface area contributed by atoms with Gasteiger partial charge in [0.2, 0.25) is 0 Å². The molecule has 2 aromatic heterocycles. The molecule has 2 rings (SSSR count). The van der Waals surface area contributed by atoms with Gasteiger partial charge in [0.05, 0.1) is 21.7 Å². The lowest BCUT2D eigenvalue weighted by Gasteiger charge is -1.98. The number of aryl methyl sites for hydroxylation is 1. The molecule has 2 N–H and O–H groups in total. The van der Waals surface area contributed by atoms with E-state index in [1.165, 1.54) is 5.56 Å². The van der Waals surface area contributed by atoms with Crippen molar-refractivity contribution in [2.24, 2.45) is 0 Å². The Kier molecular flexibility index (Phi) is 2.60. The maximum absolute atomic E-state index is 5.72. The van der Waals surface area contributed by atoms with Crippen LogP contribution in [0.5, 0.6) is 0 Å². The Labute approximate surface area is 94.7 Å². The lowest BCUT2D eigenvalue weighted by atomic mass is 10.3. The molecule has 3 nitrogen and oxygen atoms in total. The number of hydrogen-bond acceptors (Lipinski definition) is 3. The number of hydrogen-bond donors (Lipinski definition) is 1. The van der Waals surface area contributed by atoms with Gasteiger partial charge in [0, 0.05) is 6.20 Å². The molecule has 2 aromatic rings. The van der Waals surface area contributed by atoms with Gasteiger partial charge in [-0.3, -0.25) is 4.68 Å². The smallest absolute Gasteiger partial charge is 0.0823 e. The standard InChI is InChI=1S/C9H10BrN3S/c1-6-8(11)5-13(12-6)4-7-2-3-14-9(7)10/h2-3,5H,4,11H2,1H3. The van der Waals surface area contributed by atoms with Crippen molar-refractivity contribution >= 4 is 33.0 Å². The van der Waals surface area contributed by atoms with Crippen LogP contribution in [0.15, 0.2) is 21.4 Å². The van der Waals surface area contributed by atoms with Crippen LogP contribution in [0.1, 0.15) is 11.3 Å². The van der Waals surface area contributed by atoms with Gasteiger partial charge in [-0.25, -0.2) is 0 Å². The van der Waals surface area contributed by atoms with E-state index in [0.29, 0.717) is 0 Å². The fourth-order valence-electron chi connectivity index (χ4n) is 1.22. The maximum Gasteiger partial charge on any atom is 0.0823 e. The normalized spacial score (nSPS) is 10.7. The highest BCUT2D eigenvalue weighted by Gasteiger charge is 2.04. The molecular formula is C9H10BrN3S. The molecule has 0 saturated carbocycles. The second-order valence-electron chi connectivity index (χ2n) is 3.09. The number of nitrogens with two attached hydrogens (primary N) is 1. The highest BCUT2D eigenvalue weighted by molar-refractivity contribution is 9.11. The molecule has 74 valence electrons. The van der Waals surface area contributed by atoms with Gasteiger partial charge in [-0.05, 0) is 39.9 Å². The number of nitrogen functional groups attached to an aromatic ring is 1. The molecule has 0 spiro atoms. The van der Waals surface area contributed by atoms with E-state index < -0.39 is 0 Å². The SMILES string of the molecule is Cc1nn(Cc2ccsc2Br)cc1N. The summed E-state index contributed by atoms with van der Waals surface area (Å²) in [6.45, 7) is 2.68. The van der Waals surface area contributed by atoms with Crippen molar-refractivity contribution in [2.45, 2.75) is 13.5 Å². The Balaban J connectivity index is 2.23. The van der Waals surface area contributed by atoms with Gasteiger partial charge in [-0.1, -0.05) is 0 Å². The first kappa shape index (κ1) is 9.73. The molecule has 0 aliphatic carbocycles. The van der Waals surface area contributed by atoms with Crippen molar-refractivity contribution < 1.29 is 0 Å². The fourth-order valence-corrected chi connectivity index (χ4v) is 2.44. The van der Waals surface area contributed by atoms with Crippen LogP contribution in [0.25, 0.3) is 0 Å². The molecule has 0 fully saturated rings. The Morgan fingerprint density at radius 3 is 2.93 bits per heavy atom. The molecule has 0 amide bonds. The van der Waals surface area contributed by atoms with Gasteiger partial charge < -0.3 is 5.73 Å². The largest absolute Gasteiger partial charge is 0.396 e. The molecule has 2 heterocycles. The summed E-state index contributed by atoms with van der Waals surface area (Å²) in [4.78, 5) is 0. The average Bonchev–Trinajstić information content (AvgIpc) is 2.63. The van der Waals surface area contributed by atoms with E-state index in [4.69, 9.17) is 5.73 Å². The summed E-state index contributed by atoms with van der Waals surface area (Å²) in [5, 5.41) is 6.36. The lowest BCUT2D eigenvalue weighted by molar-refractivity contribution is 0.679. The van der Waals surface area contributed by atoms with Gasteiger partial charge >= 0.3 is 0 Å². The molecule has 5 heteroatoms. The minimum absolute atomic E-state index is 0.747. The molecule has 0 aliphatic rings. The highest BCUT2D eigenvalue weighted by Crippen LogP contribution is 2.24. The summed E-state index contributed by atoms with van der Waals surface area (Å²) in [6.07, 6.45) is 1.86. The van der Waals surface area contributed by atoms with Crippen LogP contribution in [0.2, 0.25) is 0 Å². The number of halogens is 1. The van der Waals surface area contributed by atoms with E-state index in [-0.39, 0.29) is 0 Å². The zero-order valence-electron chi connectivity index (χ0n) is 7.70. The number of nitrogens with zero attached hydrogens (tertiary/aromatic N) is 2. The van der Waals surface area contributed by atoms with E-state index in [1.54, 1.807) is 11.3 Å². The zero-order chi connectivity index (χ0) is 10.1. The summed E-state index contributed by atoms with van der Waals surface area (Å²) < 4.78 is 3.02. The number of aromatic nitrogens is 2. The van der Waals surface area contributed by atoms with Crippen LogP contribution in [-0.4, -0.2) is 9.78 Å². The van der Waals surface area contributed by atoms with E-state index >= 15 is 0 Å². The number of thiophene rings is 1. The Bertz CT molecular complexity index is 427. The van der Waals surface area contributed by atoms with Crippen LogP contribution in [0, 0.1) is 6.92 Å². The molecule has 0 radical (unpaired) electrons. The predicted octanol–water partition coefficient (Wildman–Crippen LogP) is 2.65. The first-order valence-electron chi connectivity index (χ1n) is 4.18. The third-order valence-electron chi connectivity index (χ3n) is 2.01. The second kappa shape index (κ2) is 3.74. The number of anilines is 1. The summed E-state index contributed by atoms with van der Waals surface area (Å²) in [6, 6.07) is 2.09. The molecule has 0 atom stereocenters. The van der Waals surface area contributed by atoms with Crippen LogP contribution in [0.3, 0.4) is 0 Å². The summed E-state index contributed by atoms with van der Waals surface area (Å²) in [5.74, 6) is 0. The lowest BCUT2D eigenvalue weighted by Crippen LogP contribution is -1.99.